The molecule has 26 heavy (non-hydrogen) atoms. The Morgan fingerprint density at radius 2 is 1.81 bits per heavy atom. The zero-order valence-corrected chi connectivity index (χ0v) is 15.3. The summed E-state index contributed by atoms with van der Waals surface area (Å²) in [5.74, 6) is 1.01. The maximum absolute atomic E-state index is 12.7. The highest BCUT2D eigenvalue weighted by atomic mass is 32.1. The zero-order valence-electron chi connectivity index (χ0n) is 14.5. The van der Waals surface area contributed by atoms with Gasteiger partial charge in [-0.3, -0.25) is 4.79 Å². The van der Waals surface area contributed by atoms with Gasteiger partial charge in [0.05, 0.1) is 0 Å². The summed E-state index contributed by atoms with van der Waals surface area (Å²) in [6.07, 6.45) is -4.41. The molecule has 0 saturated carbocycles. The van der Waals surface area contributed by atoms with Crippen LogP contribution in [-0.2, 0) is 12.7 Å². The molecule has 0 atom stereocenters. The van der Waals surface area contributed by atoms with Gasteiger partial charge >= 0.3 is 6.18 Å². The topological polar surface area (TPSA) is 54.3 Å². The monoisotopic (exact) mass is 387 g/mol. The average Bonchev–Trinajstić information content (AvgIpc) is 3.07. The van der Waals surface area contributed by atoms with Crippen LogP contribution in [-0.4, -0.2) is 40.9 Å². The van der Waals surface area contributed by atoms with E-state index in [9.17, 15) is 18.0 Å². The van der Waals surface area contributed by atoms with Crippen LogP contribution in [0.4, 0.5) is 24.1 Å². The highest BCUT2D eigenvalue weighted by Crippen LogP contribution is 2.33. The second-order valence-electron chi connectivity index (χ2n) is 6.59. The summed E-state index contributed by atoms with van der Waals surface area (Å²) in [5, 5.41) is 5.85. The Morgan fingerprint density at radius 3 is 2.38 bits per heavy atom. The number of thiazole rings is 1. The maximum atomic E-state index is 12.7. The van der Waals surface area contributed by atoms with E-state index in [1.165, 1.54) is 10.7 Å². The second-order valence-corrected chi connectivity index (χ2v) is 7.43. The highest BCUT2D eigenvalue weighted by Gasteiger charge is 2.34. The fourth-order valence-electron chi connectivity index (χ4n) is 2.75. The predicted molar refractivity (Wildman–Crippen MR) is 94.9 cm³/mol. The van der Waals surface area contributed by atoms with Gasteiger partial charge in [-0.2, -0.15) is 18.3 Å². The molecule has 0 bridgehead atoms. The first kappa shape index (κ1) is 18.7. The lowest BCUT2D eigenvalue weighted by Gasteiger charge is -2.35. The van der Waals surface area contributed by atoms with Crippen molar-refractivity contribution in [2.24, 2.45) is 5.92 Å². The normalized spacial score (nSPS) is 15.8. The van der Waals surface area contributed by atoms with Crippen molar-refractivity contribution in [1.82, 2.24) is 14.8 Å². The van der Waals surface area contributed by atoms with E-state index >= 15 is 0 Å². The Kier molecular flexibility index (Phi) is 5.22. The molecule has 2 aromatic rings. The minimum absolute atomic E-state index is 0.136. The molecule has 0 amide bonds. The first-order valence-electron chi connectivity index (χ1n) is 8.35. The fraction of sp³-hybridized carbons (Fsp3) is 0.562. The molecular formula is C16H20F3N5OS. The molecule has 3 rings (SSSR count). The molecule has 3 heterocycles. The molecular weight excluding hydrogens is 367 g/mol. The number of halogens is 3. The van der Waals surface area contributed by atoms with Crippen LogP contribution in [0.25, 0.3) is 0 Å². The summed E-state index contributed by atoms with van der Waals surface area (Å²) < 4.78 is 39.5. The van der Waals surface area contributed by atoms with Crippen molar-refractivity contribution in [2.75, 3.05) is 36.0 Å². The molecule has 142 valence electrons. The van der Waals surface area contributed by atoms with E-state index in [0.29, 0.717) is 49.6 Å². The largest absolute Gasteiger partial charge is 0.434 e. The third-order valence-corrected chi connectivity index (χ3v) is 4.95. The fourth-order valence-corrected chi connectivity index (χ4v) is 3.64. The summed E-state index contributed by atoms with van der Waals surface area (Å²) in [5.41, 5.74) is -0.981. The van der Waals surface area contributed by atoms with Crippen LogP contribution in [0.2, 0.25) is 0 Å². The number of anilines is 2. The second kappa shape index (κ2) is 7.26. The van der Waals surface area contributed by atoms with E-state index in [0.717, 1.165) is 16.7 Å². The van der Waals surface area contributed by atoms with E-state index in [1.54, 1.807) is 6.07 Å². The van der Waals surface area contributed by atoms with Gasteiger partial charge in [0.2, 0.25) is 0 Å². The number of aromatic nitrogens is 3. The Hall–Kier alpha value is -2.10. The van der Waals surface area contributed by atoms with Gasteiger partial charge in [0.25, 0.3) is 5.56 Å². The van der Waals surface area contributed by atoms with Crippen LogP contribution in [0.5, 0.6) is 0 Å². The Balaban J connectivity index is 1.67. The molecule has 1 saturated heterocycles. The highest BCUT2D eigenvalue weighted by molar-refractivity contribution is 7.13. The first-order valence-corrected chi connectivity index (χ1v) is 9.23. The van der Waals surface area contributed by atoms with Gasteiger partial charge in [0.1, 0.15) is 5.82 Å². The summed E-state index contributed by atoms with van der Waals surface area (Å²) in [6, 6.07) is 3.20. The van der Waals surface area contributed by atoms with Gasteiger partial charge in [0, 0.05) is 44.2 Å². The van der Waals surface area contributed by atoms with Gasteiger partial charge in [-0.1, -0.05) is 13.8 Å². The minimum atomic E-state index is -4.41. The maximum Gasteiger partial charge on any atom is 0.434 e. The molecule has 0 spiro atoms. The van der Waals surface area contributed by atoms with Gasteiger partial charge in [-0.25, -0.2) is 9.67 Å². The molecule has 1 aliphatic rings. The summed E-state index contributed by atoms with van der Waals surface area (Å²) in [4.78, 5) is 19.5. The van der Waals surface area contributed by atoms with E-state index in [-0.39, 0.29) is 5.56 Å². The molecule has 0 radical (unpaired) electrons. The van der Waals surface area contributed by atoms with Crippen molar-refractivity contribution >= 4 is 22.3 Å². The molecule has 0 N–H and O–H groups in total. The van der Waals surface area contributed by atoms with Crippen LogP contribution in [0.15, 0.2) is 22.3 Å². The molecule has 0 aliphatic carbocycles. The average molecular weight is 387 g/mol. The van der Waals surface area contributed by atoms with Crippen LogP contribution in [0.3, 0.4) is 0 Å². The van der Waals surface area contributed by atoms with Crippen LogP contribution >= 0.6 is 11.3 Å². The van der Waals surface area contributed by atoms with E-state index in [2.05, 4.69) is 10.1 Å². The summed E-state index contributed by atoms with van der Waals surface area (Å²) in [6.45, 7) is 6.89. The van der Waals surface area contributed by atoms with Crippen molar-refractivity contribution in [2.45, 2.75) is 26.6 Å². The van der Waals surface area contributed by atoms with E-state index in [1.807, 2.05) is 23.6 Å². The quantitative estimate of drug-likeness (QED) is 0.808. The van der Waals surface area contributed by atoms with Crippen LogP contribution in [0.1, 0.15) is 19.5 Å². The molecule has 1 fully saturated rings. The smallest absolute Gasteiger partial charge is 0.352 e. The molecule has 2 aromatic heterocycles. The third-order valence-electron chi connectivity index (χ3n) is 4.05. The van der Waals surface area contributed by atoms with Gasteiger partial charge in [0.15, 0.2) is 10.8 Å². The molecule has 1 aliphatic heterocycles. The number of hydrogen-bond acceptors (Lipinski definition) is 6. The number of alkyl halides is 3. The third kappa shape index (κ3) is 4.17. The Labute approximate surface area is 152 Å². The van der Waals surface area contributed by atoms with Gasteiger partial charge in [-0.15, -0.1) is 11.3 Å². The summed E-state index contributed by atoms with van der Waals surface area (Å²) in [7, 11) is 0. The predicted octanol–water partition coefficient (Wildman–Crippen LogP) is 2.70. The Bertz CT molecular complexity index is 809. The standard InChI is InChI=1S/C16H20F3N5OS/c1-11(2)9-24-14(25)4-3-13(21-24)22-5-7-23(8-6-22)15-20-12(10-26-15)16(17,18)19/h3-4,10-11H,5-9H2,1-2H3. The first-order chi connectivity index (χ1) is 12.2. The van der Waals surface area contributed by atoms with Gasteiger partial charge < -0.3 is 9.80 Å². The van der Waals surface area contributed by atoms with Crippen molar-refractivity contribution < 1.29 is 13.2 Å². The van der Waals surface area contributed by atoms with Crippen molar-refractivity contribution in [3.8, 4) is 0 Å². The van der Waals surface area contributed by atoms with E-state index < -0.39 is 11.9 Å². The van der Waals surface area contributed by atoms with Crippen molar-refractivity contribution in [3.05, 3.63) is 33.6 Å². The number of rotatable bonds is 4. The van der Waals surface area contributed by atoms with E-state index in [4.69, 9.17) is 0 Å². The van der Waals surface area contributed by atoms with Crippen LogP contribution < -0.4 is 15.4 Å². The zero-order chi connectivity index (χ0) is 18.9. The lowest BCUT2D eigenvalue weighted by atomic mass is 10.2. The van der Waals surface area contributed by atoms with Crippen molar-refractivity contribution in [1.29, 1.82) is 0 Å². The molecule has 0 unspecified atom stereocenters. The Morgan fingerprint density at radius 1 is 1.15 bits per heavy atom. The summed E-state index contributed by atoms with van der Waals surface area (Å²) >= 11 is 1.01. The molecule has 10 heteroatoms. The number of hydrogen-bond donors (Lipinski definition) is 0. The SMILES string of the molecule is CC(C)Cn1nc(N2CCN(c3nc(C(F)(F)F)cs3)CC2)ccc1=O. The van der Waals surface area contributed by atoms with Crippen molar-refractivity contribution in [3.63, 3.8) is 0 Å². The lowest BCUT2D eigenvalue weighted by Crippen LogP contribution is -2.47. The lowest BCUT2D eigenvalue weighted by molar-refractivity contribution is -0.140. The number of nitrogens with zero attached hydrogens (tertiary/aromatic N) is 5. The van der Waals surface area contributed by atoms with Crippen LogP contribution in [0, 0.1) is 5.92 Å². The molecule has 6 nitrogen and oxygen atoms in total. The minimum Gasteiger partial charge on any atom is -0.352 e. The molecule has 0 aromatic carbocycles. The number of piperazine rings is 1. The van der Waals surface area contributed by atoms with Gasteiger partial charge in [-0.05, 0) is 12.0 Å².